The Morgan fingerprint density at radius 3 is 2.06 bits per heavy atom. The van der Waals surface area contributed by atoms with Gasteiger partial charge in [0.15, 0.2) is 0 Å². The summed E-state index contributed by atoms with van der Waals surface area (Å²) in [7, 11) is 0. The van der Waals surface area contributed by atoms with Gasteiger partial charge in [-0.05, 0) is 18.2 Å². The molecular weight excluding hydrogens is 241 g/mol. The minimum absolute atomic E-state index is 0. The Hall–Kier alpha value is -2.09. The van der Waals surface area contributed by atoms with Crippen molar-refractivity contribution in [1.82, 2.24) is 6.15 Å². The number of benzene rings is 1. The SMILES string of the molecule is N.NC(=O)c1ccc(C(F)(F)F)cc1C(=O)O. The second-order valence-corrected chi connectivity index (χ2v) is 2.93. The summed E-state index contributed by atoms with van der Waals surface area (Å²) < 4.78 is 36.8. The van der Waals surface area contributed by atoms with Crippen molar-refractivity contribution in [2.24, 2.45) is 5.73 Å². The molecule has 0 radical (unpaired) electrons. The highest BCUT2D eigenvalue weighted by molar-refractivity contribution is 6.04. The van der Waals surface area contributed by atoms with Crippen LogP contribution >= 0.6 is 0 Å². The first-order chi connectivity index (χ1) is 7.23. The lowest BCUT2D eigenvalue weighted by Crippen LogP contribution is -2.17. The normalized spacial score (nSPS) is 10.5. The molecule has 0 aliphatic heterocycles. The van der Waals surface area contributed by atoms with Gasteiger partial charge in [0.1, 0.15) is 0 Å². The largest absolute Gasteiger partial charge is 0.478 e. The smallest absolute Gasteiger partial charge is 0.416 e. The number of aromatic carboxylic acids is 1. The number of primary amides is 1. The van der Waals surface area contributed by atoms with Crippen molar-refractivity contribution < 1.29 is 27.9 Å². The minimum Gasteiger partial charge on any atom is -0.478 e. The first kappa shape index (κ1) is 14.9. The fourth-order valence-corrected chi connectivity index (χ4v) is 1.11. The third-order valence-corrected chi connectivity index (χ3v) is 1.84. The van der Waals surface area contributed by atoms with E-state index < -0.39 is 34.7 Å². The van der Waals surface area contributed by atoms with Gasteiger partial charge in [-0.15, -0.1) is 0 Å². The van der Waals surface area contributed by atoms with Crippen molar-refractivity contribution >= 4 is 11.9 Å². The number of hydrogen-bond donors (Lipinski definition) is 3. The molecule has 0 aromatic heterocycles. The summed E-state index contributed by atoms with van der Waals surface area (Å²) in [6, 6.07) is 1.73. The fraction of sp³-hybridized carbons (Fsp3) is 0.111. The summed E-state index contributed by atoms with van der Waals surface area (Å²) in [6.07, 6.45) is -4.67. The van der Waals surface area contributed by atoms with Crippen molar-refractivity contribution in [2.75, 3.05) is 0 Å². The van der Waals surface area contributed by atoms with Crippen LogP contribution in [0, 0.1) is 0 Å². The van der Waals surface area contributed by atoms with Crippen molar-refractivity contribution in [3.63, 3.8) is 0 Å². The van der Waals surface area contributed by atoms with E-state index in [-0.39, 0.29) is 6.15 Å². The molecule has 0 saturated heterocycles. The van der Waals surface area contributed by atoms with E-state index in [0.29, 0.717) is 12.1 Å². The van der Waals surface area contributed by atoms with Crippen LogP contribution < -0.4 is 11.9 Å². The molecule has 17 heavy (non-hydrogen) atoms. The van der Waals surface area contributed by atoms with Crippen LogP contribution in [0.15, 0.2) is 18.2 Å². The van der Waals surface area contributed by atoms with E-state index in [4.69, 9.17) is 10.8 Å². The highest BCUT2D eigenvalue weighted by atomic mass is 19.4. The monoisotopic (exact) mass is 250 g/mol. The third-order valence-electron chi connectivity index (χ3n) is 1.84. The molecule has 0 bridgehead atoms. The summed E-state index contributed by atoms with van der Waals surface area (Å²) in [5.74, 6) is -2.73. The lowest BCUT2D eigenvalue weighted by atomic mass is 10.0. The number of rotatable bonds is 2. The number of carbonyl (C=O) groups excluding carboxylic acids is 1. The molecule has 1 aromatic rings. The van der Waals surface area contributed by atoms with Crippen LogP contribution in [-0.4, -0.2) is 17.0 Å². The number of alkyl halides is 3. The van der Waals surface area contributed by atoms with Crippen molar-refractivity contribution in [3.05, 3.63) is 34.9 Å². The maximum atomic E-state index is 12.3. The Morgan fingerprint density at radius 2 is 1.71 bits per heavy atom. The lowest BCUT2D eigenvalue weighted by Gasteiger charge is -2.09. The van der Waals surface area contributed by atoms with Crippen molar-refractivity contribution in [1.29, 1.82) is 0 Å². The molecule has 0 heterocycles. The van der Waals surface area contributed by atoms with E-state index in [2.05, 4.69) is 0 Å². The quantitative estimate of drug-likeness (QED) is 0.740. The highest BCUT2D eigenvalue weighted by Crippen LogP contribution is 2.30. The number of amides is 1. The minimum atomic E-state index is -4.67. The molecular formula is C9H9F3N2O3. The zero-order chi connectivity index (χ0) is 12.5. The van der Waals surface area contributed by atoms with Gasteiger partial charge in [-0.3, -0.25) is 4.79 Å². The van der Waals surface area contributed by atoms with Gasteiger partial charge < -0.3 is 17.0 Å². The van der Waals surface area contributed by atoms with Crippen LogP contribution in [0.5, 0.6) is 0 Å². The molecule has 0 fully saturated rings. The van der Waals surface area contributed by atoms with Crippen LogP contribution in [0.3, 0.4) is 0 Å². The second-order valence-electron chi connectivity index (χ2n) is 2.93. The second kappa shape index (κ2) is 4.83. The maximum Gasteiger partial charge on any atom is 0.416 e. The topological polar surface area (TPSA) is 115 Å². The predicted octanol–water partition coefficient (Wildman–Crippen LogP) is 1.66. The zero-order valence-electron chi connectivity index (χ0n) is 8.41. The molecule has 0 aliphatic carbocycles. The molecule has 1 rings (SSSR count). The molecule has 0 atom stereocenters. The van der Waals surface area contributed by atoms with E-state index in [9.17, 15) is 22.8 Å². The summed E-state index contributed by atoms with van der Waals surface area (Å²) in [5.41, 5.74) is 2.46. The number of carboxylic acids is 1. The number of hydrogen-bond acceptors (Lipinski definition) is 3. The number of carboxylic acid groups (broad SMARTS) is 1. The molecule has 1 amide bonds. The first-order valence-electron chi connectivity index (χ1n) is 3.98. The first-order valence-corrected chi connectivity index (χ1v) is 3.98. The standard InChI is InChI=1S/C9H6F3NO3.H3N/c10-9(11,12)4-1-2-5(7(13)14)6(3-4)8(15)16;/h1-3H,(H2,13,14)(H,15,16);1H3. The molecule has 0 spiro atoms. The van der Waals surface area contributed by atoms with E-state index in [1.807, 2.05) is 0 Å². The Bertz CT molecular complexity index is 457. The van der Waals surface area contributed by atoms with E-state index >= 15 is 0 Å². The number of halogens is 3. The predicted molar refractivity (Wildman–Crippen MR) is 51.9 cm³/mol. The van der Waals surface area contributed by atoms with Crippen LogP contribution in [-0.2, 0) is 6.18 Å². The Balaban J connectivity index is 0.00000256. The summed E-state index contributed by atoms with van der Waals surface area (Å²) in [6.45, 7) is 0. The van der Waals surface area contributed by atoms with E-state index in [1.165, 1.54) is 0 Å². The average Bonchev–Trinajstić information content (AvgIpc) is 2.15. The van der Waals surface area contributed by atoms with Crippen LogP contribution in [0.4, 0.5) is 13.2 Å². The Morgan fingerprint density at radius 1 is 1.18 bits per heavy atom. The van der Waals surface area contributed by atoms with Crippen LogP contribution in [0.25, 0.3) is 0 Å². The molecule has 1 aromatic carbocycles. The molecule has 0 saturated carbocycles. The van der Waals surface area contributed by atoms with Gasteiger partial charge >= 0.3 is 12.1 Å². The zero-order valence-corrected chi connectivity index (χ0v) is 8.41. The summed E-state index contributed by atoms with van der Waals surface area (Å²) in [4.78, 5) is 21.4. The molecule has 0 unspecified atom stereocenters. The molecule has 6 N–H and O–H groups in total. The highest BCUT2D eigenvalue weighted by Gasteiger charge is 2.32. The van der Waals surface area contributed by atoms with Gasteiger partial charge in [0.2, 0.25) is 5.91 Å². The van der Waals surface area contributed by atoms with E-state index in [0.717, 1.165) is 6.07 Å². The Labute approximate surface area is 93.6 Å². The average molecular weight is 250 g/mol. The van der Waals surface area contributed by atoms with Crippen LogP contribution in [0.1, 0.15) is 26.3 Å². The van der Waals surface area contributed by atoms with Gasteiger partial charge in [-0.1, -0.05) is 0 Å². The van der Waals surface area contributed by atoms with Crippen molar-refractivity contribution in [2.45, 2.75) is 6.18 Å². The van der Waals surface area contributed by atoms with Crippen molar-refractivity contribution in [3.8, 4) is 0 Å². The molecule has 0 aliphatic rings. The van der Waals surface area contributed by atoms with Gasteiger partial charge in [0.25, 0.3) is 0 Å². The molecule has 94 valence electrons. The molecule has 8 heteroatoms. The summed E-state index contributed by atoms with van der Waals surface area (Å²) >= 11 is 0. The number of nitrogens with two attached hydrogens (primary N) is 1. The Kier molecular flexibility index (Phi) is 4.24. The van der Waals surface area contributed by atoms with E-state index in [1.54, 1.807) is 0 Å². The third kappa shape index (κ3) is 3.18. The van der Waals surface area contributed by atoms with Gasteiger partial charge in [-0.25, -0.2) is 4.79 Å². The maximum absolute atomic E-state index is 12.3. The van der Waals surface area contributed by atoms with Gasteiger partial charge in [0.05, 0.1) is 16.7 Å². The fourth-order valence-electron chi connectivity index (χ4n) is 1.11. The lowest BCUT2D eigenvalue weighted by molar-refractivity contribution is -0.137. The van der Waals surface area contributed by atoms with Gasteiger partial charge in [0, 0.05) is 0 Å². The number of carbonyl (C=O) groups is 2. The summed E-state index contributed by atoms with van der Waals surface area (Å²) in [5, 5.41) is 8.63. The molecule has 5 nitrogen and oxygen atoms in total. The van der Waals surface area contributed by atoms with Crippen LogP contribution in [0.2, 0.25) is 0 Å². The van der Waals surface area contributed by atoms with Gasteiger partial charge in [-0.2, -0.15) is 13.2 Å².